The maximum absolute atomic E-state index is 9.13. The van der Waals surface area contributed by atoms with Crippen LogP contribution >= 0.6 is 8.38 Å². The summed E-state index contributed by atoms with van der Waals surface area (Å²) in [6.45, 7) is 0.576. The van der Waals surface area contributed by atoms with Crippen LogP contribution < -0.4 is 10.6 Å². The van der Waals surface area contributed by atoms with E-state index in [9.17, 15) is 0 Å². The molecule has 0 bridgehead atoms. The molecule has 0 aliphatic carbocycles. The van der Waals surface area contributed by atoms with Crippen molar-refractivity contribution in [2.75, 3.05) is 5.32 Å². The maximum Gasteiger partial charge on any atom is 0.199 e. The van der Waals surface area contributed by atoms with Crippen LogP contribution in [0.2, 0.25) is 0 Å². The lowest BCUT2D eigenvalue weighted by Crippen LogP contribution is -2.06. The lowest BCUT2D eigenvalue weighted by atomic mass is 10.2. The minimum atomic E-state index is -2.04. The summed E-state index contributed by atoms with van der Waals surface area (Å²) in [5.41, 5.74) is 2.66. The number of nitrogens with zero attached hydrogens (tertiary/aromatic N) is 4. The first-order valence-corrected chi connectivity index (χ1v) is 7.53. The van der Waals surface area contributed by atoms with Gasteiger partial charge in [0.15, 0.2) is 14.2 Å². The molecule has 0 aliphatic rings. The van der Waals surface area contributed by atoms with E-state index in [1.807, 2.05) is 19.2 Å². The van der Waals surface area contributed by atoms with Crippen LogP contribution in [0.15, 0.2) is 36.8 Å². The number of hydrogen-bond donors (Lipinski definition) is 3. The molecular formula is C13H14N5O2P. The highest BCUT2D eigenvalue weighted by Gasteiger charge is 2.08. The molecule has 1 aromatic carbocycles. The van der Waals surface area contributed by atoms with Crippen LogP contribution in [0.5, 0.6) is 0 Å². The van der Waals surface area contributed by atoms with E-state index >= 15 is 0 Å². The number of hydrogen-bond acceptors (Lipinski definition) is 6. The second-order valence-corrected chi connectivity index (χ2v) is 5.63. The number of benzene rings is 1. The molecule has 0 aliphatic heterocycles. The Kier molecular flexibility index (Phi) is 3.79. The standard InChI is InChI=1S/C13H14N5O2P/c1-18-12-11(7-17-18)15-8-16-13(12)14-6-9-2-4-10(5-3-9)21(19)20/h2-5,7-8,19-20H,6H2,1H3,(H,14,15,16). The van der Waals surface area contributed by atoms with Crippen LogP contribution in [0.4, 0.5) is 5.82 Å². The Bertz CT molecular complexity index is 757. The van der Waals surface area contributed by atoms with E-state index in [0.29, 0.717) is 11.8 Å². The summed E-state index contributed by atoms with van der Waals surface area (Å²) in [6.07, 6.45) is 3.20. The topological polar surface area (TPSA) is 96.1 Å². The van der Waals surface area contributed by atoms with Crippen molar-refractivity contribution in [1.82, 2.24) is 19.7 Å². The van der Waals surface area contributed by atoms with Crippen molar-refractivity contribution in [1.29, 1.82) is 0 Å². The van der Waals surface area contributed by atoms with Crippen molar-refractivity contribution in [3.63, 3.8) is 0 Å². The Morgan fingerprint density at radius 3 is 2.67 bits per heavy atom. The van der Waals surface area contributed by atoms with Crippen LogP contribution in [0.25, 0.3) is 11.0 Å². The van der Waals surface area contributed by atoms with E-state index in [2.05, 4.69) is 20.4 Å². The molecule has 0 fully saturated rings. The Labute approximate surface area is 122 Å². The van der Waals surface area contributed by atoms with Crippen LogP contribution in [0, 0.1) is 0 Å². The molecule has 0 amide bonds. The molecule has 3 rings (SSSR count). The Morgan fingerprint density at radius 1 is 1.19 bits per heavy atom. The number of nitrogens with one attached hydrogen (secondary N) is 1. The van der Waals surface area contributed by atoms with Crippen molar-refractivity contribution in [3.8, 4) is 0 Å². The predicted molar refractivity (Wildman–Crippen MR) is 81.1 cm³/mol. The quantitative estimate of drug-likeness (QED) is 0.620. The number of fused-ring (bicyclic) bond motifs is 1. The summed E-state index contributed by atoms with van der Waals surface area (Å²) in [6, 6.07) is 7.13. The van der Waals surface area contributed by atoms with Crippen LogP contribution in [0.3, 0.4) is 0 Å². The fraction of sp³-hybridized carbons (Fsp3) is 0.154. The molecule has 0 radical (unpaired) electrons. The van der Waals surface area contributed by atoms with Gasteiger partial charge in [0, 0.05) is 18.9 Å². The maximum atomic E-state index is 9.13. The zero-order valence-corrected chi connectivity index (χ0v) is 12.2. The van der Waals surface area contributed by atoms with E-state index in [4.69, 9.17) is 9.79 Å². The van der Waals surface area contributed by atoms with Crippen molar-refractivity contribution >= 4 is 30.5 Å². The molecule has 2 heterocycles. The summed E-state index contributed by atoms with van der Waals surface area (Å²) in [5.74, 6) is 0.718. The van der Waals surface area contributed by atoms with Gasteiger partial charge in [-0.15, -0.1) is 0 Å². The molecule has 0 atom stereocenters. The summed E-state index contributed by atoms with van der Waals surface area (Å²) >= 11 is 0. The Morgan fingerprint density at radius 2 is 1.95 bits per heavy atom. The van der Waals surface area contributed by atoms with Gasteiger partial charge in [-0.1, -0.05) is 12.1 Å². The van der Waals surface area contributed by atoms with Gasteiger partial charge in [-0.05, 0) is 17.7 Å². The average molecular weight is 303 g/mol. The first-order chi connectivity index (χ1) is 10.1. The third-order valence-corrected chi connectivity index (χ3v) is 3.91. The minimum Gasteiger partial charge on any atom is -0.364 e. The van der Waals surface area contributed by atoms with Gasteiger partial charge < -0.3 is 15.1 Å². The predicted octanol–water partition coefficient (Wildman–Crippen LogP) is 0.897. The van der Waals surface area contributed by atoms with Crippen LogP contribution in [-0.2, 0) is 13.6 Å². The molecule has 2 aromatic heterocycles. The van der Waals surface area contributed by atoms with Gasteiger partial charge in [0.05, 0.1) is 6.20 Å². The highest BCUT2D eigenvalue weighted by molar-refractivity contribution is 7.54. The lowest BCUT2D eigenvalue weighted by molar-refractivity contribution is 0.497. The molecule has 3 aromatic rings. The van der Waals surface area contributed by atoms with Crippen molar-refractivity contribution in [2.24, 2.45) is 7.05 Å². The number of aryl methyl sites for hydroxylation is 1. The first-order valence-electron chi connectivity index (χ1n) is 6.28. The molecule has 8 heteroatoms. The van der Waals surface area contributed by atoms with E-state index < -0.39 is 8.38 Å². The third-order valence-electron chi connectivity index (χ3n) is 3.15. The monoisotopic (exact) mass is 303 g/mol. The van der Waals surface area contributed by atoms with Crippen molar-refractivity contribution in [2.45, 2.75) is 6.54 Å². The SMILES string of the molecule is Cn1ncc2ncnc(NCc3ccc(P(O)O)cc3)c21. The van der Waals surface area contributed by atoms with E-state index in [1.165, 1.54) is 6.33 Å². The molecular weight excluding hydrogens is 289 g/mol. The largest absolute Gasteiger partial charge is 0.364 e. The van der Waals surface area contributed by atoms with Gasteiger partial charge in [-0.3, -0.25) is 4.68 Å². The highest BCUT2D eigenvalue weighted by atomic mass is 31.2. The van der Waals surface area contributed by atoms with Gasteiger partial charge in [-0.2, -0.15) is 5.10 Å². The van der Waals surface area contributed by atoms with Crippen LogP contribution in [-0.4, -0.2) is 29.5 Å². The fourth-order valence-corrected chi connectivity index (χ4v) is 2.48. The van der Waals surface area contributed by atoms with Gasteiger partial charge in [0.25, 0.3) is 0 Å². The van der Waals surface area contributed by atoms with Gasteiger partial charge in [0.2, 0.25) is 0 Å². The summed E-state index contributed by atoms with van der Waals surface area (Å²) in [5, 5.41) is 7.94. The fourth-order valence-electron chi connectivity index (χ4n) is 2.07. The summed E-state index contributed by atoms with van der Waals surface area (Å²) < 4.78 is 1.73. The van der Waals surface area contributed by atoms with Gasteiger partial charge in [0.1, 0.15) is 17.4 Å². The average Bonchev–Trinajstić information content (AvgIpc) is 2.88. The number of rotatable bonds is 4. The number of anilines is 1. The summed E-state index contributed by atoms with van der Waals surface area (Å²) in [4.78, 5) is 26.7. The molecule has 21 heavy (non-hydrogen) atoms. The van der Waals surface area contributed by atoms with Gasteiger partial charge >= 0.3 is 0 Å². The Hall–Kier alpha value is -2.08. The molecule has 0 spiro atoms. The van der Waals surface area contributed by atoms with E-state index in [0.717, 1.165) is 22.4 Å². The van der Waals surface area contributed by atoms with Crippen LogP contribution in [0.1, 0.15) is 5.56 Å². The molecule has 108 valence electrons. The van der Waals surface area contributed by atoms with E-state index in [-0.39, 0.29) is 0 Å². The second-order valence-electron chi connectivity index (χ2n) is 4.53. The zero-order chi connectivity index (χ0) is 14.8. The normalized spacial score (nSPS) is 11.2. The van der Waals surface area contributed by atoms with E-state index in [1.54, 1.807) is 23.0 Å². The summed E-state index contributed by atoms with van der Waals surface area (Å²) in [7, 11) is -0.191. The Balaban J connectivity index is 1.78. The molecule has 0 saturated heterocycles. The smallest absolute Gasteiger partial charge is 0.199 e. The minimum absolute atomic E-state index is 0.532. The van der Waals surface area contributed by atoms with Crippen molar-refractivity contribution < 1.29 is 9.79 Å². The zero-order valence-electron chi connectivity index (χ0n) is 11.3. The first kappa shape index (κ1) is 13.9. The number of aromatic nitrogens is 4. The molecule has 3 N–H and O–H groups in total. The second kappa shape index (κ2) is 5.73. The van der Waals surface area contributed by atoms with Crippen molar-refractivity contribution in [3.05, 3.63) is 42.4 Å². The third kappa shape index (κ3) is 2.85. The molecule has 0 unspecified atom stereocenters. The highest BCUT2D eigenvalue weighted by Crippen LogP contribution is 2.22. The van der Waals surface area contributed by atoms with Gasteiger partial charge in [-0.25, -0.2) is 9.97 Å². The molecule has 7 nitrogen and oxygen atoms in total. The lowest BCUT2D eigenvalue weighted by Gasteiger charge is -2.08. The molecule has 0 saturated carbocycles.